The number of imidazole rings is 1. The summed E-state index contributed by atoms with van der Waals surface area (Å²) >= 11 is 0. The van der Waals surface area contributed by atoms with Crippen molar-refractivity contribution in [3.05, 3.63) is 143 Å². The van der Waals surface area contributed by atoms with Crippen molar-refractivity contribution in [2.75, 3.05) is 32.8 Å². The highest BCUT2D eigenvalue weighted by atomic mass is 19.1. The van der Waals surface area contributed by atoms with E-state index in [0.29, 0.717) is 17.2 Å². The molecular formula is C40H39FN5O8+. The molecule has 4 aromatic carbocycles. The lowest BCUT2D eigenvalue weighted by Crippen LogP contribution is -2.44. The molecule has 1 aliphatic rings. The van der Waals surface area contributed by atoms with Crippen LogP contribution < -0.4 is 29.7 Å². The van der Waals surface area contributed by atoms with E-state index in [-0.39, 0.29) is 30.3 Å². The first-order valence-corrected chi connectivity index (χ1v) is 17.2. The predicted octanol–water partition coefficient (Wildman–Crippen LogP) is 4.19. The molecule has 1 fully saturated rings. The maximum absolute atomic E-state index is 16.2. The smallest absolute Gasteiger partial charge is 0.313 e. The molecular weight excluding hydrogens is 697 g/mol. The summed E-state index contributed by atoms with van der Waals surface area (Å²) in [6.07, 6.45) is -4.66. The molecule has 6 aromatic rings. The minimum Gasteiger partial charge on any atom is -0.497 e. The Morgan fingerprint density at radius 3 is 2.07 bits per heavy atom. The van der Waals surface area contributed by atoms with Gasteiger partial charge in [-0.1, -0.05) is 77.8 Å². The van der Waals surface area contributed by atoms with Gasteiger partial charge in [-0.15, -0.1) is 0 Å². The Bertz CT molecular complexity index is 2220. The first-order chi connectivity index (χ1) is 26.2. The zero-order valence-electron chi connectivity index (χ0n) is 29.7. The van der Waals surface area contributed by atoms with E-state index in [1.807, 2.05) is 84.9 Å². The maximum Gasteiger partial charge on any atom is 0.313 e. The van der Waals surface area contributed by atoms with Gasteiger partial charge in [-0.3, -0.25) is 24.5 Å². The number of aryl methyl sites for hydroxylation is 1. The third-order valence-electron chi connectivity index (χ3n) is 9.35. The number of nitrogens with zero attached hydrogens (tertiary/aromatic N) is 3. The number of hydrogen-bond donors (Lipinski definition) is 3. The average Bonchev–Trinajstić information content (AvgIpc) is 3.69. The number of aliphatic hydroxyl groups is 1. The fourth-order valence-corrected chi connectivity index (χ4v) is 6.68. The van der Waals surface area contributed by atoms with Crippen LogP contribution in [0.5, 0.6) is 17.2 Å². The number of para-hydroxylation sites is 1. The fraction of sp³-hybridized carbons (Fsp3) is 0.250. The number of aliphatic hydroxyl groups excluding tert-OH is 1. The van der Waals surface area contributed by atoms with Crippen LogP contribution in [0.25, 0.3) is 11.2 Å². The van der Waals surface area contributed by atoms with Crippen LogP contribution in [0, 0.1) is 0 Å². The van der Waals surface area contributed by atoms with Gasteiger partial charge in [0.05, 0.1) is 27.9 Å². The van der Waals surface area contributed by atoms with Crippen molar-refractivity contribution in [1.29, 1.82) is 0 Å². The van der Waals surface area contributed by atoms with Gasteiger partial charge in [-0.25, -0.2) is 8.96 Å². The van der Waals surface area contributed by atoms with E-state index in [9.17, 15) is 14.7 Å². The van der Waals surface area contributed by atoms with Crippen LogP contribution in [-0.4, -0.2) is 71.4 Å². The van der Waals surface area contributed by atoms with Crippen LogP contribution in [0.3, 0.4) is 0 Å². The van der Waals surface area contributed by atoms with Crippen molar-refractivity contribution in [2.45, 2.75) is 30.2 Å². The molecule has 0 saturated carbocycles. The van der Waals surface area contributed by atoms with Gasteiger partial charge >= 0.3 is 5.65 Å². The Morgan fingerprint density at radius 2 is 1.48 bits per heavy atom. The number of benzene rings is 4. The number of ether oxygens (including phenoxy) is 5. The highest BCUT2D eigenvalue weighted by Gasteiger charge is 2.50. The lowest BCUT2D eigenvalue weighted by molar-refractivity contribution is -0.744. The van der Waals surface area contributed by atoms with Gasteiger partial charge < -0.3 is 28.8 Å². The summed E-state index contributed by atoms with van der Waals surface area (Å²) in [5, 5.41) is 13.8. The largest absolute Gasteiger partial charge is 0.497 e. The molecule has 0 spiro atoms. The van der Waals surface area contributed by atoms with E-state index in [1.54, 1.807) is 45.5 Å². The number of H-pyrrole nitrogens is 1. The number of halogens is 1. The van der Waals surface area contributed by atoms with Gasteiger partial charge in [0, 0.05) is 0 Å². The fourth-order valence-electron chi connectivity index (χ4n) is 6.68. The summed E-state index contributed by atoms with van der Waals surface area (Å²) in [5.74, 6) is 1.04. The Kier molecular flexibility index (Phi) is 10.4. The minimum absolute atomic E-state index is 0.0250. The van der Waals surface area contributed by atoms with Crippen LogP contribution in [0.1, 0.15) is 22.9 Å². The molecule has 4 atom stereocenters. The molecule has 2 aromatic heterocycles. The van der Waals surface area contributed by atoms with Crippen molar-refractivity contribution in [3.63, 3.8) is 0 Å². The number of anilines is 1. The number of aromatic amines is 1. The second kappa shape index (κ2) is 15.5. The van der Waals surface area contributed by atoms with Gasteiger partial charge in [0.1, 0.15) is 35.1 Å². The standard InChI is InChI=1S/C40H38FN5O8/c1-45-24-46(36-34(45)37(49)44-39(43-36)42-32(47)23-52-30-12-8-5-9-13-30)38-33(41)35(48)31(54-38)22-53-40(25-10-6-4-7-11-25,26-14-18-28(50-2)19-15-26)27-16-20-29(51-3)21-17-27/h4-21,24,31,33,35,38,48H,22-23H2,1-3H3,(H-,42,43,44,47,49)/p+1/t31-,33+,35-,38-/m1/s1. The lowest BCUT2D eigenvalue weighted by Gasteiger charge is -2.37. The normalized spacial score (nSPS) is 18.4. The summed E-state index contributed by atoms with van der Waals surface area (Å²) < 4.78 is 48.4. The third kappa shape index (κ3) is 7.01. The highest BCUT2D eigenvalue weighted by molar-refractivity contribution is 5.90. The molecule has 0 bridgehead atoms. The number of aromatic nitrogens is 4. The Balaban J connectivity index is 1.19. The number of fused-ring (bicyclic) bond motifs is 1. The monoisotopic (exact) mass is 736 g/mol. The van der Waals surface area contributed by atoms with Crippen LogP contribution in [0.2, 0.25) is 0 Å². The summed E-state index contributed by atoms with van der Waals surface area (Å²) in [4.78, 5) is 32.8. The van der Waals surface area contributed by atoms with E-state index in [4.69, 9.17) is 23.7 Å². The number of methoxy groups -OCH3 is 2. The topological polar surface area (TPSA) is 150 Å². The van der Waals surface area contributed by atoms with Crippen LogP contribution in [0.15, 0.2) is 120 Å². The summed E-state index contributed by atoms with van der Waals surface area (Å²) in [7, 11) is 4.76. The van der Waals surface area contributed by atoms with Crippen molar-refractivity contribution in [2.24, 2.45) is 7.05 Å². The zero-order valence-corrected chi connectivity index (χ0v) is 29.7. The molecule has 1 aliphatic heterocycles. The summed E-state index contributed by atoms with van der Waals surface area (Å²) in [5.41, 5.74) is 0.564. The molecule has 3 N–H and O–H groups in total. The maximum atomic E-state index is 16.2. The number of nitrogens with one attached hydrogen (secondary N) is 2. The van der Waals surface area contributed by atoms with Crippen LogP contribution >= 0.6 is 0 Å². The molecule has 54 heavy (non-hydrogen) atoms. The summed E-state index contributed by atoms with van der Waals surface area (Å²) in [6.45, 7) is -0.586. The second-order valence-electron chi connectivity index (χ2n) is 12.7. The molecule has 1 saturated heterocycles. The number of amides is 1. The van der Waals surface area contributed by atoms with Crippen molar-refractivity contribution >= 4 is 23.0 Å². The number of carbonyl (C=O) groups is 1. The molecule has 0 radical (unpaired) electrons. The Morgan fingerprint density at radius 1 is 0.907 bits per heavy atom. The Hall–Kier alpha value is -6.09. The minimum atomic E-state index is -1.94. The molecule has 1 amide bonds. The van der Waals surface area contributed by atoms with E-state index in [1.165, 1.54) is 15.5 Å². The van der Waals surface area contributed by atoms with Gasteiger partial charge in [0.15, 0.2) is 19.1 Å². The van der Waals surface area contributed by atoms with Crippen molar-refractivity contribution < 1.29 is 42.5 Å². The van der Waals surface area contributed by atoms with Crippen LogP contribution in [-0.2, 0) is 26.9 Å². The summed E-state index contributed by atoms with van der Waals surface area (Å²) in [6, 6.07) is 33.2. The average molecular weight is 737 g/mol. The van der Waals surface area contributed by atoms with Gasteiger partial charge in [0.2, 0.25) is 11.7 Å². The lowest BCUT2D eigenvalue weighted by atomic mass is 9.80. The quantitative estimate of drug-likeness (QED) is 0.117. The van der Waals surface area contributed by atoms with Gasteiger partial charge in [-0.05, 0) is 53.1 Å². The predicted molar refractivity (Wildman–Crippen MR) is 195 cm³/mol. The first kappa shape index (κ1) is 36.3. The molecule has 278 valence electrons. The van der Waals surface area contributed by atoms with Gasteiger partial charge in [-0.2, -0.15) is 0 Å². The van der Waals surface area contributed by atoms with E-state index < -0.39 is 41.7 Å². The zero-order chi connectivity index (χ0) is 37.8. The SMILES string of the molecule is COc1ccc(C(OC[C@H]2O[C@@H]([n+]3cn(C)c4c(=O)[nH]c(NC(=O)COc5ccccc5)nc43)[C@@H](F)[C@@H]2O)(c2ccccc2)c2ccc(OC)cc2)cc1. The molecule has 3 heterocycles. The molecule has 0 unspecified atom stereocenters. The van der Waals surface area contributed by atoms with E-state index in [0.717, 1.165) is 16.7 Å². The number of carbonyl (C=O) groups excluding carboxylic acids is 1. The number of hydrogen-bond acceptors (Lipinski definition) is 9. The first-order valence-electron chi connectivity index (χ1n) is 17.2. The second-order valence-corrected chi connectivity index (χ2v) is 12.7. The highest BCUT2D eigenvalue weighted by Crippen LogP contribution is 2.43. The Labute approximate surface area is 309 Å². The third-order valence-corrected chi connectivity index (χ3v) is 9.35. The molecule has 14 heteroatoms. The van der Waals surface area contributed by atoms with Crippen molar-refractivity contribution in [3.8, 4) is 17.2 Å². The van der Waals surface area contributed by atoms with E-state index >= 15 is 4.39 Å². The van der Waals surface area contributed by atoms with Gasteiger partial charge in [0.25, 0.3) is 17.4 Å². The number of rotatable bonds is 13. The number of alkyl halides is 1. The molecule has 7 rings (SSSR count). The van der Waals surface area contributed by atoms with Crippen molar-refractivity contribution in [1.82, 2.24) is 14.5 Å². The van der Waals surface area contributed by atoms with Crippen LogP contribution in [0.4, 0.5) is 10.3 Å². The molecule has 0 aliphatic carbocycles. The molecule has 13 nitrogen and oxygen atoms in total. The van der Waals surface area contributed by atoms with E-state index in [2.05, 4.69) is 15.3 Å².